The predicted octanol–water partition coefficient (Wildman–Crippen LogP) is 2.78. The third-order valence-electron chi connectivity index (χ3n) is 3.26. The standard InChI is InChI=1S/C13H15ClFNO2/c14-12-6-11(15)4-3-9(12)7-16-5-1-2-10(8-16)13(17)18/h3-4,6,10H,1-2,5,7-8H2,(H,17,18)/t10-/m0/s1. The number of carboxylic acid groups (broad SMARTS) is 1. The van der Waals surface area contributed by atoms with Crippen LogP contribution in [0, 0.1) is 11.7 Å². The summed E-state index contributed by atoms with van der Waals surface area (Å²) in [4.78, 5) is 13.0. The molecule has 98 valence electrons. The number of hydrogen-bond acceptors (Lipinski definition) is 2. The summed E-state index contributed by atoms with van der Waals surface area (Å²) in [6.07, 6.45) is 1.60. The zero-order valence-electron chi connectivity index (χ0n) is 9.90. The molecule has 0 unspecified atom stereocenters. The molecule has 1 aliphatic heterocycles. The Morgan fingerprint density at radius 2 is 2.33 bits per heavy atom. The molecule has 1 saturated heterocycles. The summed E-state index contributed by atoms with van der Waals surface area (Å²) in [6, 6.07) is 4.32. The van der Waals surface area contributed by atoms with Crippen molar-refractivity contribution in [3.8, 4) is 0 Å². The quantitative estimate of drug-likeness (QED) is 0.919. The summed E-state index contributed by atoms with van der Waals surface area (Å²) in [6.45, 7) is 1.96. The van der Waals surface area contributed by atoms with Crippen LogP contribution in [0.15, 0.2) is 18.2 Å². The molecule has 3 nitrogen and oxygen atoms in total. The van der Waals surface area contributed by atoms with Crippen molar-refractivity contribution in [2.45, 2.75) is 19.4 Å². The fraction of sp³-hybridized carbons (Fsp3) is 0.462. The Balaban J connectivity index is 2.02. The Morgan fingerprint density at radius 3 is 3.00 bits per heavy atom. The highest BCUT2D eigenvalue weighted by molar-refractivity contribution is 6.31. The number of carboxylic acids is 1. The average molecular weight is 272 g/mol. The lowest BCUT2D eigenvalue weighted by molar-refractivity contribution is -0.143. The minimum absolute atomic E-state index is 0.307. The van der Waals surface area contributed by atoms with Crippen LogP contribution in [-0.4, -0.2) is 29.1 Å². The van der Waals surface area contributed by atoms with E-state index in [9.17, 15) is 9.18 Å². The maximum atomic E-state index is 12.9. The molecule has 0 amide bonds. The predicted molar refractivity (Wildman–Crippen MR) is 67.0 cm³/mol. The maximum Gasteiger partial charge on any atom is 0.307 e. The van der Waals surface area contributed by atoms with E-state index < -0.39 is 5.97 Å². The highest BCUT2D eigenvalue weighted by atomic mass is 35.5. The van der Waals surface area contributed by atoms with Gasteiger partial charge in [-0.15, -0.1) is 0 Å². The maximum absolute atomic E-state index is 12.9. The van der Waals surface area contributed by atoms with Gasteiger partial charge in [-0.25, -0.2) is 4.39 Å². The van der Waals surface area contributed by atoms with E-state index in [1.165, 1.54) is 12.1 Å². The molecular weight excluding hydrogens is 257 g/mol. The fourth-order valence-corrected chi connectivity index (χ4v) is 2.52. The van der Waals surface area contributed by atoms with Crippen molar-refractivity contribution in [1.82, 2.24) is 4.90 Å². The Morgan fingerprint density at radius 1 is 1.56 bits per heavy atom. The molecule has 1 heterocycles. The van der Waals surface area contributed by atoms with Crippen LogP contribution in [0.3, 0.4) is 0 Å². The Hall–Kier alpha value is -1.13. The number of benzene rings is 1. The van der Waals surface area contributed by atoms with Crippen molar-refractivity contribution in [3.63, 3.8) is 0 Å². The van der Waals surface area contributed by atoms with Gasteiger partial charge < -0.3 is 5.11 Å². The summed E-state index contributed by atoms with van der Waals surface area (Å²) >= 11 is 5.96. The first kappa shape index (κ1) is 13.3. The van der Waals surface area contributed by atoms with Gasteiger partial charge in [-0.2, -0.15) is 0 Å². The van der Waals surface area contributed by atoms with Crippen molar-refractivity contribution >= 4 is 17.6 Å². The van der Waals surface area contributed by atoms with Gasteiger partial charge in [0.05, 0.1) is 5.92 Å². The van der Waals surface area contributed by atoms with Gasteiger partial charge in [-0.3, -0.25) is 9.69 Å². The molecule has 0 spiro atoms. The number of rotatable bonds is 3. The highest BCUT2D eigenvalue weighted by Crippen LogP contribution is 2.23. The molecule has 0 saturated carbocycles. The van der Waals surface area contributed by atoms with Crippen LogP contribution in [0.2, 0.25) is 5.02 Å². The van der Waals surface area contributed by atoms with Crippen LogP contribution in [0.4, 0.5) is 4.39 Å². The second-order valence-electron chi connectivity index (χ2n) is 4.65. The van der Waals surface area contributed by atoms with Crippen molar-refractivity contribution in [2.75, 3.05) is 13.1 Å². The second-order valence-corrected chi connectivity index (χ2v) is 5.06. The minimum Gasteiger partial charge on any atom is -0.481 e. The summed E-state index contributed by atoms with van der Waals surface area (Å²) in [5, 5.41) is 9.41. The van der Waals surface area contributed by atoms with Crippen molar-refractivity contribution in [2.24, 2.45) is 5.92 Å². The molecule has 0 bridgehead atoms. The van der Waals surface area contributed by atoms with E-state index in [-0.39, 0.29) is 11.7 Å². The van der Waals surface area contributed by atoms with E-state index in [0.29, 0.717) is 18.1 Å². The van der Waals surface area contributed by atoms with Crippen LogP contribution < -0.4 is 0 Å². The smallest absolute Gasteiger partial charge is 0.307 e. The SMILES string of the molecule is O=C(O)[C@H]1CCCN(Cc2ccc(F)cc2Cl)C1. The molecule has 18 heavy (non-hydrogen) atoms. The largest absolute Gasteiger partial charge is 0.481 e. The number of hydrogen-bond donors (Lipinski definition) is 1. The van der Waals surface area contributed by atoms with Crippen molar-refractivity contribution < 1.29 is 14.3 Å². The Kier molecular flexibility index (Phi) is 4.19. The third kappa shape index (κ3) is 3.21. The van der Waals surface area contributed by atoms with Gasteiger partial charge in [0.15, 0.2) is 0 Å². The second kappa shape index (κ2) is 5.67. The molecule has 1 aromatic rings. The number of nitrogens with zero attached hydrogens (tertiary/aromatic N) is 1. The van der Waals surface area contributed by atoms with E-state index in [0.717, 1.165) is 24.9 Å². The van der Waals surface area contributed by atoms with Crippen molar-refractivity contribution in [1.29, 1.82) is 0 Å². The highest BCUT2D eigenvalue weighted by Gasteiger charge is 2.25. The molecule has 1 aromatic carbocycles. The summed E-state index contributed by atoms with van der Waals surface area (Å²) in [5.74, 6) is -1.41. The lowest BCUT2D eigenvalue weighted by Gasteiger charge is -2.30. The molecule has 1 aliphatic rings. The third-order valence-corrected chi connectivity index (χ3v) is 3.62. The van der Waals surface area contributed by atoms with Crippen LogP contribution in [0.5, 0.6) is 0 Å². The molecule has 1 atom stereocenters. The molecule has 0 aromatic heterocycles. The normalized spacial score (nSPS) is 20.9. The fourth-order valence-electron chi connectivity index (χ4n) is 2.29. The van der Waals surface area contributed by atoms with E-state index in [2.05, 4.69) is 4.90 Å². The van der Waals surface area contributed by atoms with Gasteiger partial charge in [0.2, 0.25) is 0 Å². The number of carbonyl (C=O) groups is 1. The molecule has 0 aliphatic carbocycles. The van der Waals surface area contributed by atoms with Crippen LogP contribution in [0.1, 0.15) is 18.4 Å². The minimum atomic E-state index is -0.745. The molecule has 5 heteroatoms. The van der Waals surface area contributed by atoms with E-state index >= 15 is 0 Å². The van der Waals surface area contributed by atoms with Gasteiger partial charge in [-0.1, -0.05) is 17.7 Å². The van der Waals surface area contributed by atoms with Gasteiger partial charge in [-0.05, 0) is 37.1 Å². The molecule has 0 radical (unpaired) electrons. The van der Waals surface area contributed by atoms with Gasteiger partial charge in [0.25, 0.3) is 0 Å². The van der Waals surface area contributed by atoms with E-state index in [1.807, 2.05) is 0 Å². The average Bonchev–Trinajstić information content (AvgIpc) is 2.33. The first-order chi connectivity index (χ1) is 8.56. The lowest BCUT2D eigenvalue weighted by atomic mass is 9.98. The summed E-state index contributed by atoms with van der Waals surface area (Å²) in [5.41, 5.74) is 0.837. The Labute approximate surface area is 110 Å². The van der Waals surface area contributed by atoms with Crippen LogP contribution in [-0.2, 0) is 11.3 Å². The zero-order chi connectivity index (χ0) is 13.1. The van der Waals surface area contributed by atoms with Gasteiger partial charge in [0, 0.05) is 18.1 Å². The van der Waals surface area contributed by atoms with E-state index in [4.69, 9.17) is 16.7 Å². The first-order valence-electron chi connectivity index (χ1n) is 5.95. The zero-order valence-corrected chi connectivity index (χ0v) is 10.7. The van der Waals surface area contributed by atoms with E-state index in [1.54, 1.807) is 6.07 Å². The van der Waals surface area contributed by atoms with Crippen LogP contribution >= 0.6 is 11.6 Å². The molecule has 2 rings (SSSR count). The molecule has 1 N–H and O–H groups in total. The number of piperidine rings is 1. The topological polar surface area (TPSA) is 40.5 Å². The monoisotopic (exact) mass is 271 g/mol. The van der Waals surface area contributed by atoms with Gasteiger partial charge >= 0.3 is 5.97 Å². The number of aliphatic carboxylic acids is 1. The lowest BCUT2D eigenvalue weighted by Crippen LogP contribution is -2.38. The van der Waals surface area contributed by atoms with Gasteiger partial charge in [0.1, 0.15) is 5.82 Å². The van der Waals surface area contributed by atoms with Crippen molar-refractivity contribution in [3.05, 3.63) is 34.6 Å². The van der Waals surface area contributed by atoms with Crippen LogP contribution in [0.25, 0.3) is 0 Å². The molecule has 1 fully saturated rings. The number of likely N-dealkylation sites (tertiary alicyclic amines) is 1. The number of halogens is 2. The summed E-state index contributed by atoms with van der Waals surface area (Å²) < 4.78 is 12.9. The summed E-state index contributed by atoms with van der Waals surface area (Å²) in [7, 11) is 0. The Bertz CT molecular complexity index is 453. The first-order valence-corrected chi connectivity index (χ1v) is 6.33. The molecular formula is C13H15ClFNO2.